The number of ketones is 1. The molecule has 9 heteroatoms. The average molecular weight is 452 g/mol. The molecule has 0 amide bonds. The standard InChI is InChI=1S/C23H21N3O5S/c1-13-10-18(14(2)26(13)16-4-5-20-21(11-16)30-9-8-29-20)19(27)12-32-23-25-24-22(31-23)17-6-7-28-15(17)3/h4-7,10-11H,8-9,12H2,1-3H3. The fourth-order valence-corrected chi connectivity index (χ4v) is 4.45. The number of fused-ring (bicyclic) bond motifs is 1. The molecule has 1 aliphatic rings. The van der Waals surface area contributed by atoms with Gasteiger partial charge in [0.1, 0.15) is 19.0 Å². The predicted octanol–water partition coefficient (Wildman–Crippen LogP) is 4.79. The second-order valence-corrected chi connectivity index (χ2v) is 8.35. The molecule has 3 aromatic heterocycles. The Morgan fingerprint density at radius 1 is 1.06 bits per heavy atom. The summed E-state index contributed by atoms with van der Waals surface area (Å²) in [7, 11) is 0. The van der Waals surface area contributed by atoms with Crippen molar-refractivity contribution in [2.45, 2.75) is 26.0 Å². The monoisotopic (exact) mass is 451 g/mol. The minimum Gasteiger partial charge on any atom is -0.486 e. The summed E-state index contributed by atoms with van der Waals surface area (Å²) in [6.07, 6.45) is 1.57. The van der Waals surface area contributed by atoms with Gasteiger partial charge in [-0.3, -0.25) is 4.79 Å². The summed E-state index contributed by atoms with van der Waals surface area (Å²) in [4.78, 5) is 13.0. The molecule has 0 saturated carbocycles. The third kappa shape index (κ3) is 3.69. The van der Waals surface area contributed by atoms with E-state index >= 15 is 0 Å². The SMILES string of the molecule is Cc1occc1-c1nnc(SCC(=O)c2cc(C)n(-c3ccc4c(c3)OCCO4)c2C)o1. The second-order valence-electron chi connectivity index (χ2n) is 7.42. The summed E-state index contributed by atoms with van der Waals surface area (Å²) >= 11 is 1.22. The number of hydrogen-bond acceptors (Lipinski definition) is 8. The molecule has 164 valence electrons. The van der Waals surface area contributed by atoms with Crippen LogP contribution in [0.15, 0.2) is 50.7 Å². The van der Waals surface area contributed by atoms with E-state index in [0.29, 0.717) is 41.4 Å². The summed E-state index contributed by atoms with van der Waals surface area (Å²) in [6, 6.07) is 9.48. The zero-order valence-electron chi connectivity index (χ0n) is 17.9. The number of rotatable bonds is 6. The molecule has 4 aromatic rings. The maximum Gasteiger partial charge on any atom is 0.277 e. The van der Waals surface area contributed by atoms with E-state index in [1.165, 1.54) is 11.8 Å². The van der Waals surface area contributed by atoms with Crippen molar-refractivity contribution in [3.8, 4) is 28.6 Å². The second kappa shape index (κ2) is 8.23. The Bertz CT molecular complexity index is 1300. The van der Waals surface area contributed by atoms with E-state index in [2.05, 4.69) is 10.2 Å². The highest BCUT2D eigenvalue weighted by molar-refractivity contribution is 7.99. The lowest BCUT2D eigenvalue weighted by atomic mass is 10.2. The Labute approximate surface area is 188 Å². The van der Waals surface area contributed by atoms with E-state index < -0.39 is 0 Å². The molecule has 0 unspecified atom stereocenters. The van der Waals surface area contributed by atoms with Crippen molar-refractivity contribution in [1.29, 1.82) is 0 Å². The number of hydrogen-bond donors (Lipinski definition) is 0. The van der Waals surface area contributed by atoms with Gasteiger partial charge in [-0.1, -0.05) is 11.8 Å². The van der Waals surface area contributed by atoms with Crippen molar-refractivity contribution >= 4 is 17.5 Å². The lowest BCUT2D eigenvalue weighted by Gasteiger charge is -2.20. The van der Waals surface area contributed by atoms with Crippen molar-refractivity contribution in [1.82, 2.24) is 14.8 Å². The molecular formula is C23H21N3O5S. The number of furan rings is 1. The molecule has 0 bridgehead atoms. The van der Waals surface area contributed by atoms with Gasteiger partial charge in [0.05, 0.1) is 17.6 Å². The van der Waals surface area contributed by atoms with Gasteiger partial charge in [0.25, 0.3) is 11.1 Å². The number of thioether (sulfide) groups is 1. The predicted molar refractivity (Wildman–Crippen MR) is 118 cm³/mol. The number of benzene rings is 1. The molecule has 5 rings (SSSR count). The van der Waals surface area contributed by atoms with Gasteiger partial charge in [0.15, 0.2) is 17.3 Å². The summed E-state index contributed by atoms with van der Waals surface area (Å²) in [5, 5.41) is 8.42. The number of aromatic nitrogens is 3. The summed E-state index contributed by atoms with van der Waals surface area (Å²) in [5.41, 5.74) is 4.16. The van der Waals surface area contributed by atoms with E-state index in [1.54, 1.807) is 12.3 Å². The molecule has 1 aliphatic heterocycles. The lowest BCUT2D eigenvalue weighted by molar-refractivity contribution is 0.102. The van der Waals surface area contributed by atoms with Gasteiger partial charge in [-0.2, -0.15) is 0 Å². The molecule has 8 nitrogen and oxygen atoms in total. The number of nitrogens with zero attached hydrogens (tertiary/aromatic N) is 3. The molecule has 4 heterocycles. The Balaban J connectivity index is 1.33. The van der Waals surface area contributed by atoms with E-state index in [4.69, 9.17) is 18.3 Å². The smallest absolute Gasteiger partial charge is 0.277 e. The summed E-state index contributed by atoms with van der Waals surface area (Å²) in [6.45, 7) is 6.82. The van der Waals surface area contributed by atoms with Gasteiger partial charge in [-0.05, 0) is 45.0 Å². The number of carbonyl (C=O) groups excluding carboxylic acids is 1. The lowest BCUT2D eigenvalue weighted by Crippen LogP contribution is -2.15. The van der Waals surface area contributed by atoms with Crippen LogP contribution in [-0.4, -0.2) is 39.5 Å². The van der Waals surface area contributed by atoms with Gasteiger partial charge in [0, 0.05) is 28.7 Å². The normalized spacial score (nSPS) is 12.8. The Kier molecular flexibility index (Phi) is 5.26. The zero-order chi connectivity index (χ0) is 22.2. The van der Waals surface area contributed by atoms with Gasteiger partial charge in [-0.15, -0.1) is 10.2 Å². The van der Waals surface area contributed by atoms with Crippen molar-refractivity contribution in [3.63, 3.8) is 0 Å². The van der Waals surface area contributed by atoms with Crippen LogP contribution in [0, 0.1) is 20.8 Å². The first-order chi connectivity index (χ1) is 15.5. The van der Waals surface area contributed by atoms with Crippen LogP contribution in [0.2, 0.25) is 0 Å². The van der Waals surface area contributed by atoms with Gasteiger partial charge in [-0.25, -0.2) is 0 Å². The van der Waals surface area contributed by atoms with E-state index in [9.17, 15) is 4.79 Å². The van der Waals surface area contributed by atoms with Gasteiger partial charge >= 0.3 is 0 Å². The third-order valence-electron chi connectivity index (χ3n) is 5.34. The van der Waals surface area contributed by atoms with E-state index in [-0.39, 0.29) is 11.5 Å². The van der Waals surface area contributed by atoms with Crippen molar-refractivity contribution in [2.24, 2.45) is 0 Å². The highest BCUT2D eigenvalue weighted by Gasteiger charge is 2.20. The third-order valence-corrected chi connectivity index (χ3v) is 6.16. The van der Waals surface area contributed by atoms with Crippen LogP contribution < -0.4 is 9.47 Å². The number of carbonyl (C=O) groups is 1. The van der Waals surface area contributed by atoms with E-state index in [1.807, 2.05) is 49.6 Å². The fourth-order valence-electron chi connectivity index (χ4n) is 3.80. The Morgan fingerprint density at radius 2 is 1.88 bits per heavy atom. The first-order valence-electron chi connectivity index (χ1n) is 10.1. The zero-order valence-corrected chi connectivity index (χ0v) is 18.7. The number of Topliss-reactive ketones (excluding diaryl/α,β-unsaturated/α-hetero) is 1. The van der Waals surface area contributed by atoms with Crippen molar-refractivity contribution < 1.29 is 23.1 Å². The molecule has 1 aromatic carbocycles. The molecule has 0 radical (unpaired) electrons. The van der Waals surface area contributed by atoms with Crippen LogP contribution in [0.25, 0.3) is 17.1 Å². The first-order valence-corrected chi connectivity index (χ1v) is 11.1. The minimum absolute atomic E-state index is 0.00821. The minimum atomic E-state index is -0.00821. The summed E-state index contributed by atoms with van der Waals surface area (Å²) < 4.78 is 24.3. The quantitative estimate of drug-likeness (QED) is 0.305. The number of ether oxygens (including phenoxy) is 2. The van der Waals surface area contributed by atoms with Crippen LogP contribution in [0.5, 0.6) is 11.5 Å². The summed E-state index contributed by atoms with van der Waals surface area (Å²) in [5.74, 6) is 2.71. The molecule has 0 saturated heterocycles. The van der Waals surface area contributed by atoms with Crippen LogP contribution in [0.3, 0.4) is 0 Å². The Morgan fingerprint density at radius 3 is 2.66 bits per heavy atom. The van der Waals surface area contributed by atoms with Gasteiger partial charge in [0.2, 0.25) is 0 Å². The molecule has 32 heavy (non-hydrogen) atoms. The molecule has 0 atom stereocenters. The van der Waals surface area contributed by atoms with Crippen LogP contribution in [0.1, 0.15) is 27.5 Å². The largest absolute Gasteiger partial charge is 0.486 e. The molecule has 0 aliphatic carbocycles. The van der Waals surface area contributed by atoms with Crippen LogP contribution in [0.4, 0.5) is 0 Å². The molecular weight excluding hydrogens is 430 g/mol. The highest BCUT2D eigenvalue weighted by atomic mass is 32.2. The Hall–Kier alpha value is -3.46. The number of aryl methyl sites for hydroxylation is 2. The molecule has 0 N–H and O–H groups in total. The van der Waals surface area contributed by atoms with Crippen molar-refractivity contribution in [3.05, 3.63) is 59.3 Å². The van der Waals surface area contributed by atoms with Gasteiger partial charge < -0.3 is 22.9 Å². The van der Waals surface area contributed by atoms with Crippen LogP contribution >= 0.6 is 11.8 Å². The first kappa shape index (κ1) is 20.4. The topological polar surface area (TPSA) is 92.5 Å². The molecule has 0 fully saturated rings. The average Bonchev–Trinajstić information content (AvgIpc) is 3.50. The van der Waals surface area contributed by atoms with E-state index in [0.717, 1.165) is 28.4 Å². The maximum atomic E-state index is 13.0. The highest BCUT2D eigenvalue weighted by Crippen LogP contribution is 2.34. The maximum absolute atomic E-state index is 13.0. The fraction of sp³-hybridized carbons (Fsp3) is 0.261. The van der Waals surface area contributed by atoms with Crippen LogP contribution in [-0.2, 0) is 0 Å². The van der Waals surface area contributed by atoms with Crippen molar-refractivity contribution in [2.75, 3.05) is 19.0 Å². The molecule has 0 spiro atoms.